The Morgan fingerprint density at radius 2 is 2.15 bits per heavy atom. The number of likely N-dealkylation sites (N-methyl/N-ethyl adjacent to an activating group) is 1. The molecule has 0 bridgehead atoms. The summed E-state index contributed by atoms with van der Waals surface area (Å²) in [7, 11) is 4.26. The lowest BCUT2D eigenvalue weighted by Gasteiger charge is -2.27. The topological polar surface area (TPSA) is 6.48 Å². The minimum Gasteiger partial charge on any atom is -0.308 e. The molecule has 0 aromatic heterocycles. The van der Waals surface area contributed by atoms with E-state index >= 15 is 0 Å². The Labute approximate surface area is 82.2 Å². The first-order valence-electron chi connectivity index (χ1n) is 5.18. The standard InChI is InChI=1S/C11H22N2/c1-5-11-7-6-10(2)13(11)9-8-12(3)4/h5,10-11H,1,6-9H2,2-4H3. The predicted octanol–water partition coefficient (Wildman–Crippen LogP) is 1.59. The van der Waals surface area contributed by atoms with E-state index in [9.17, 15) is 0 Å². The molecule has 13 heavy (non-hydrogen) atoms. The van der Waals surface area contributed by atoms with Crippen molar-refractivity contribution in [3.63, 3.8) is 0 Å². The van der Waals surface area contributed by atoms with Crippen molar-refractivity contribution in [3.05, 3.63) is 12.7 Å². The maximum absolute atomic E-state index is 3.90. The van der Waals surface area contributed by atoms with Crippen LogP contribution in [0.5, 0.6) is 0 Å². The van der Waals surface area contributed by atoms with Crippen molar-refractivity contribution in [2.45, 2.75) is 31.8 Å². The van der Waals surface area contributed by atoms with E-state index in [1.165, 1.54) is 19.4 Å². The summed E-state index contributed by atoms with van der Waals surface area (Å²) in [6.45, 7) is 8.54. The zero-order valence-corrected chi connectivity index (χ0v) is 9.16. The Hall–Kier alpha value is -0.340. The van der Waals surface area contributed by atoms with Crippen LogP contribution in [-0.4, -0.2) is 49.1 Å². The minimum atomic E-state index is 0.620. The molecular weight excluding hydrogens is 160 g/mol. The Bertz CT molecular complexity index is 165. The van der Waals surface area contributed by atoms with Gasteiger partial charge in [0.15, 0.2) is 0 Å². The molecule has 1 aliphatic heterocycles. The van der Waals surface area contributed by atoms with E-state index in [1.807, 2.05) is 0 Å². The normalized spacial score (nSPS) is 29.8. The van der Waals surface area contributed by atoms with Crippen LogP contribution >= 0.6 is 0 Å². The molecule has 1 saturated heterocycles. The van der Waals surface area contributed by atoms with Crippen LogP contribution in [0.1, 0.15) is 19.8 Å². The summed E-state index contributed by atoms with van der Waals surface area (Å²) >= 11 is 0. The number of nitrogens with zero attached hydrogens (tertiary/aromatic N) is 2. The van der Waals surface area contributed by atoms with Crippen molar-refractivity contribution in [2.24, 2.45) is 0 Å². The Kier molecular flexibility index (Phi) is 3.94. The van der Waals surface area contributed by atoms with Gasteiger partial charge < -0.3 is 4.90 Å². The second kappa shape index (κ2) is 4.77. The molecule has 2 heteroatoms. The van der Waals surface area contributed by atoms with Crippen LogP contribution in [0.3, 0.4) is 0 Å². The van der Waals surface area contributed by atoms with Gasteiger partial charge in [-0.3, -0.25) is 4.90 Å². The smallest absolute Gasteiger partial charge is 0.0279 e. The SMILES string of the molecule is C=CC1CCC(C)N1CCN(C)C. The van der Waals surface area contributed by atoms with Gasteiger partial charge in [-0.25, -0.2) is 0 Å². The highest BCUT2D eigenvalue weighted by Gasteiger charge is 2.27. The third kappa shape index (κ3) is 2.82. The second-order valence-electron chi connectivity index (χ2n) is 4.27. The van der Waals surface area contributed by atoms with Crippen LogP contribution in [0.25, 0.3) is 0 Å². The monoisotopic (exact) mass is 182 g/mol. The molecule has 0 N–H and O–H groups in total. The van der Waals surface area contributed by atoms with E-state index in [0.29, 0.717) is 6.04 Å². The molecule has 0 aromatic carbocycles. The zero-order chi connectivity index (χ0) is 9.84. The summed E-state index contributed by atoms with van der Waals surface area (Å²) in [5.41, 5.74) is 0. The third-order valence-corrected chi connectivity index (χ3v) is 2.95. The minimum absolute atomic E-state index is 0.620. The molecule has 1 heterocycles. The fraction of sp³-hybridized carbons (Fsp3) is 0.818. The molecule has 2 atom stereocenters. The fourth-order valence-electron chi connectivity index (χ4n) is 2.03. The highest BCUT2D eigenvalue weighted by molar-refractivity contribution is 4.95. The molecule has 0 amide bonds. The van der Waals surface area contributed by atoms with Gasteiger partial charge in [0.05, 0.1) is 0 Å². The van der Waals surface area contributed by atoms with E-state index in [4.69, 9.17) is 0 Å². The van der Waals surface area contributed by atoms with Gasteiger partial charge in [-0.15, -0.1) is 6.58 Å². The van der Waals surface area contributed by atoms with Crippen LogP contribution in [0.4, 0.5) is 0 Å². The summed E-state index contributed by atoms with van der Waals surface area (Å²) in [6, 6.07) is 1.36. The first-order chi connectivity index (χ1) is 6.15. The first kappa shape index (κ1) is 10.7. The highest BCUT2D eigenvalue weighted by Crippen LogP contribution is 2.23. The summed E-state index contributed by atoms with van der Waals surface area (Å²) < 4.78 is 0. The number of rotatable bonds is 4. The van der Waals surface area contributed by atoms with E-state index in [0.717, 1.165) is 12.6 Å². The van der Waals surface area contributed by atoms with Gasteiger partial charge >= 0.3 is 0 Å². The van der Waals surface area contributed by atoms with Gasteiger partial charge in [0.25, 0.3) is 0 Å². The lowest BCUT2D eigenvalue weighted by Crippen LogP contribution is -2.38. The van der Waals surface area contributed by atoms with Crippen LogP contribution in [0.2, 0.25) is 0 Å². The summed E-state index contributed by atoms with van der Waals surface area (Å²) in [6.07, 6.45) is 4.71. The summed E-state index contributed by atoms with van der Waals surface area (Å²) in [5.74, 6) is 0. The van der Waals surface area contributed by atoms with Crippen LogP contribution in [0.15, 0.2) is 12.7 Å². The average molecular weight is 182 g/mol. The van der Waals surface area contributed by atoms with Crippen molar-refractivity contribution in [1.82, 2.24) is 9.80 Å². The Morgan fingerprint density at radius 3 is 2.69 bits per heavy atom. The van der Waals surface area contributed by atoms with E-state index in [-0.39, 0.29) is 0 Å². The third-order valence-electron chi connectivity index (χ3n) is 2.95. The van der Waals surface area contributed by atoms with Gasteiger partial charge in [0.2, 0.25) is 0 Å². The molecule has 0 aromatic rings. The number of hydrogen-bond donors (Lipinski definition) is 0. The van der Waals surface area contributed by atoms with Crippen LogP contribution in [0, 0.1) is 0 Å². The molecule has 0 spiro atoms. The lowest BCUT2D eigenvalue weighted by atomic mass is 10.2. The second-order valence-corrected chi connectivity index (χ2v) is 4.27. The highest BCUT2D eigenvalue weighted by atomic mass is 15.2. The summed E-state index contributed by atoms with van der Waals surface area (Å²) in [5, 5.41) is 0. The van der Waals surface area contributed by atoms with Gasteiger partial charge in [0, 0.05) is 25.2 Å². The van der Waals surface area contributed by atoms with E-state index < -0.39 is 0 Å². The molecule has 0 saturated carbocycles. The van der Waals surface area contributed by atoms with Gasteiger partial charge in [0.1, 0.15) is 0 Å². The molecule has 0 radical (unpaired) electrons. The number of hydrogen-bond acceptors (Lipinski definition) is 2. The van der Waals surface area contributed by atoms with Crippen molar-refractivity contribution in [1.29, 1.82) is 0 Å². The molecular formula is C11H22N2. The zero-order valence-electron chi connectivity index (χ0n) is 9.16. The van der Waals surface area contributed by atoms with E-state index in [1.54, 1.807) is 0 Å². The van der Waals surface area contributed by atoms with Gasteiger partial charge in [-0.2, -0.15) is 0 Å². The Morgan fingerprint density at radius 1 is 1.46 bits per heavy atom. The Balaban J connectivity index is 2.40. The number of likely N-dealkylation sites (tertiary alicyclic amines) is 1. The molecule has 1 rings (SSSR count). The molecule has 2 nitrogen and oxygen atoms in total. The molecule has 1 fully saturated rings. The predicted molar refractivity (Wildman–Crippen MR) is 57.9 cm³/mol. The molecule has 0 aliphatic carbocycles. The maximum atomic E-state index is 3.90. The van der Waals surface area contributed by atoms with Crippen molar-refractivity contribution >= 4 is 0 Å². The van der Waals surface area contributed by atoms with Crippen molar-refractivity contribution in [3.8, 4) is 0 Å². The molecule has 1 aliphatic rings. The molecule has 76 valence electrons. The quantitative estimate of drug-likeness (QED) is 0.609. The fourth-order valence-corrected chi connectivity index (χ4v) is 2.03. The molecule has 2 unspecified atom stereocenters. The van der Waals surface area contributed by atoms with Crippen LogP contribution in [-0.2, 0) is 0 Å². The first-order valence-corrected chi connectivity index (χ1v) is 5.18. The van der Waals surface area contributed by atoms with Crippen molar-refractivity contribution in [2.75, 3.05) is 27.2 Å². The largest absolute Gasteiger partial charge is 0.308 e. The van der Waals surface area contributed by atoms with Gasteiger partial charge in [-0.05, 0) is 33.9 Å². The maximum Gasteiger partial charge on any atom is 0.0279 e. The summed E-state index contributed by atoms with van der Waals surface area (Å²) in [4.78, 5) is 4.80. The van der Waals surface area contributed by atoms with E-state index in [2.05, 4.69) is 43.5 Å². The van der Waals surface area contributed by atoms with Crippen molar-refractivity contribution < 1.29 is 0 Å². The van der Waals surface area contributed by atoms with Crippen LogP contribution < -0.4 is 0 Å². The average Bonchev–Trinajstić information content (AvgIpc) is 2.43. The lowest BCUT2D eigenvalue weighted by molar-refractivity contribution is 0.206. The van der Waals surface area contributed by atoms with Gasteiger partial charge in [-0.1, -0.05) is 6.08 Å².